The zero-order valence-corrected chi connectivity index (χ0v) is 15.5. The Kier molecular flexibility index (Phi) is 5.22. The lowest BCUT2D eigenvalue weighted by Gasteiger charge is -2.08. The second kappa shape index (κ2) is 7.16. The summed E-state index contributed by atoms with van der Waals surface area (Å²) >= 11 is 11.9. The molecule has 3 rings (SSSR count). The minimum atomic E-state index is -4.49. The van der Waals surface area contributed by atoms with Gasteiger partial charge >= 0.3 is 0 Å². The van der Waals surface area contributed by atoms with Crippen molar-refractivity contribution in [3.63, 3.8) is 0 Å². The molecule has 1 heterocycles. The molecular formula is C16H9Cl2F3N2O3S. The quantitative estimate of drug-likeness (QED) is 0.641. The van der Waals surface area contributed by atoms with Crippen molar-refractivity contribution in [2.45, 2.75) is 11.6 Å². The van der Waals surface area contributed by atoms with Crippen molar-refractivity contribution in [2.75, 3.05) is 0 Å². The van der Waals surface area contributed by atoms with Crippen molar-refractivity contribution in [1.82, 2.24) is 5.16 Å². The number of aromatic nitrogens is 1. The fourth-order valence-electron chi connectivity index (χ4n) is 2.52. The van der Waals surface area contributed by atoms with Gasteiger partial charge in [-0.15, -0.1) is 0 Å². The van der Waals surface area contributed by atoms with Gasteiger partial charge in [-0.1, -0.05) is 28.4 Å². The van der Waals surface area contributed by atoms with Gasteiger partial charge in [-0.3, -0.25) is 0 Å². The molecule has 0 atom stereocenters. The molecule has 0 amide bonds. The number of halogens is 5. The van der Waals surface area contributed by atoms with E-state index in [2.05, 4.69) is 5.16 Å². The molecule has 27 heavy (non-hydrogen) atoms. The van der Waals surface area contributed by atoms with Crippen molar-refractivity contribution in [2.24, 2.45) is 5.14 Å². The second-order valence-corrected chi connectivity index (χ2v) is 7.83. The van der Waals surface area contributed by atoms with Crippen molar-refractivity contribution >= 4 is 33.2 Å². The highest BCUT2D eigenvalue weighted by Gasteiger charge is 2.26. The van der Waals surface area contributed by atoms with Gasteiger partial charge in [0.2, 0.25) is 10.0 Å². The van der Waals surface area contributed by atoms with Crippen LogP contribution in [-0.4, -0.2) is 13.6 Å². The third-order valence-electron chi connectivity index (χ3n) is 3.62. The number of nitrogens with two attached hydrogens (primary N) is 1. The number of primary sulfonamides is 1. The molecule has 142 valence electrons. The van der Waals surface area contributed by atoms with Gasteiger partial charge in [-0.05, 0) is 30.3 Å². The summed E-state index contributed by atoms with van der Waals surface area (Å²) in [7, 11) is -4.49. The summed E-state index contributed by atoms with van der Waals surface area (Å²) in [5.74, 6) is -2.86. The average Bonchev–Trinajstić information content (AvgIpc) is 2.98. The summed E-state index contributed by atoms with van der Waals surface area (Å²) in [6.45, 7) is -1.17. The van der Waals surface area contributed by atoms with Crippen molar-refractivity contribution in [1.29, 1.82) is 0 Å². The lowest BCUT2D eigenvalue weighted by Crippen LogP contribution is -2.14. The zero-order chi connectivity index (χ0) is 19.9. The first kappa shape index (κ1) is 19.7. The van der Waals surface area contributed by atoms with Gasteiger partial charge in [0.15, 0.2) is 12.4 Å². The molecule has 1 aromatic heterocycles. The summed E-state index contributed by atoms with van der Waals surface area (Å²) in [5, 5.41) is 9.00. The Morgan fingerprint density at radius 1 is 1.04 bits per heavy atom. The standard InChI is InChI=1S/C16H9Cl2F3N2O3S/c17-8-1-7(2-9(18)3-8)16-15(13(6-19)26-23-16)10-4-12(21)14(5-11(10)20)27(22,24)25/h1-5H,6H2,(H2,22,24,25). The molecule has 0 spiro atoms. The number of sulfonamides is 1. The van der Waals surface area contributed by atoms with Crippen molar-refractivity contribution in [3.05, 3.63) is 57.8 Å². The number of rotatable bonds is 4. The maximum Gasteiger partial charge on any atom is 0.241 e. The second-order valence-electron chi connectivity index (χ2n) is 5.43. The lowest BCUT2D eigenvalue weighted by atomic mass is 9.98. The van der Waals surface area contributed by atoms with Crippen LogP contribution in [0.25, 0.3) is 22.4 Å². The van der Waals surface area contributed by atoms with Crippen molar-refractivity contribution < 1.29 is 26.1 Å². The maximum atomic E-state index is 14.6. The third kappa shape index (κ3) is 3.81. The van der Waals surface area contributed by atoms with Gasteiger partial charge in [-0.25, -0.2) is 26.7 Å². The number of alkyl halides is 1. The minimum Gasteiger partial charge on any atom is -0.357 e. The first-order valence-electron chi connectivity index (χ1n) is 7.15. The van der Waals surface area contributed by atoms with Crippen LogP contribution in [0.4, 0.5) is 13.2 Å². The van der Waals surface area contributed by atoms with Crippen LogP contribution in [0.2, 0.25) is 10.0 Å². The smallest absolute Gasteiger partial charge is 0.241 e. The van der Waals surface area contributed by atoms with E-state index in [4.69, 9.17) is 32.9 Å². The molecule has 11 heteroatoms. The van der Waals surface area contributed by atoms with Gasteiger partial charge in [0.05, 0.1) is 5.56 Å². The van der Waals surface area contributed by atoms with Gasteiger partial charge in [0.1, 0.15) is 22.2 Å². The molecule has 0 saturated carbocycles. The summed E-state index contributed by atoms with van der Waals surface area (Å²) in [5.41, 5.74) is -0.442. The van der Waals surface area contributed by atoms with E-state index in [1.165, 1.54) is 18.2 Å². The average molecular weight is 437 g/mol. The number of hydrogen-bond donors (Lipinski definition) is 1. The van der Waals surface area contributed by atoms with Crippen LogP contribution in [0.1, 0.15) is 5.76 Å². The molecule has 0 aliphatic rings. The van der Waals surface area contributed by atoms with Gasteiger partial charge in [0.25, 0.3) is 0 Å². The molecule has 0 radical (unpaired) electrons. The van der Waals surface area contributed by atoms with Gasteiger partial charge in [-0.2, -0.15) is 0 Å². The Morgan fingerprint density at radius 3 is 2.22 bits per heavy atom. The molecule has 2 aromatic carbocycles. The van der Waals surface area contributed by atoms with E-state index < -0.39 is 38.8 Å². The molecule has 3 aromatic rings. The highest BCUT2D eigenvalue weighted by Crippen LogP contribution is 2.39. The largest absolute Gasteiger partial charge is 0.357 e. The van der Waals surface area contributed by atoms with E-state index in [-0.39, 0.29) is 32.6 Å². The van der Waals surface area contributed by atoms with Gasteiger partial charge in [0, 0.05) is 21.2 Å². The summed E-state index contributed by atoms with van der Waals surface area (Å²) in [6.07, 6.45) is 0. The van der Waals surface area contributed by atoms with E-state index in [9.17, 15) is 21.6 Å². The van der Waals surface area contributed by atoms with E-state index in [1.807, 2.05) is 0 Å². The van der Waals surface area contributed by atoms with Crippen molar-refractivity contribution in [3.8, 4) is 22.4 Å². The third-order valence-corrected chi connectivity index (χ3v) is 4.98. The molecule has 0 unspecified atom stereocenters. The monoisotopic (exact) mass is 436 g/mol. The Hall–Kier alpha value is -2.07. The molecule has 5 nitrogen and oxygen atoms in total. The summed E-state index contributed by atoms with van der Waals surface area (Å²) in [6, 6.07) is 5.26. The number of benzene rings is 2. The molecule has 0 fully saturated rings. The molecule has 2 N–H and O–H groups in total. The number of nitrogens with zero attached hydrogens (tertiary/aromatic N) is 1. The van der Waals surface area contributed by atoms with Gasteiger partial charge < -0.3 is 4.52 Å². The van der Waals surface area contributed by atoms with Crippen LogP contribution >= 0.6 is 23.2 Å². The van der Waals surface area contributed by atoms with E-state index in [0.717, 1.165) is 0 Å². The highest BCUT2D eigenvalue weighted by atomic mass is 35.5. The Bertz CT molecular complexity index is 1130. The molecule has 0 bridgehead atoms. The predicted molar refractivity (Wildman–Crippen MR) is 93.5 cm³/mol. The molecule has 0 aliphatic heterocycles. The fourth-order valence-corrected chi connectivity index (χ4v) is 3.64. The normalized spacial score (nSPS) is 11.8. The van der Waals surface area contributed by atoms with Crippen LogP contribution in [0.3, 0.4) is 0 Å². The van der Waals surface area contributed by atoms with Crippen LogP contribution < -0.4 is 5.14 Å². The predicted octanol–water partition coefficient (Wildman–Crippen LogP) is 4.71. The Morgan fingerprint density at radius 2 is 1.67 bits per heavy atom. The first-order valence-corrected chi connectivity index (χ1v) is 9.45. The Labute approximate surface area is 161 Å². The fraction of sp³-hybridized carbons (Fsp3) is 0.0625. The number of hydrogen-bond acceptors (Lipinski definition) is 4. The van der Waals surface area contributed by atoms with E-state index >= 15 is 0 Å². The Balaban J connectivity index is 2.29. The topological polar surface area (TPSA) is 86.2 Å². The SMILES string of the molecule is NS(=O)(=O)c1cc(F)c(-c2c(-c3cc(Cl)cc(Cl)c3)noc2CF)cc1F. The van der Waals surface area contributed by atoms with Crippen LogP contribution in [0.5, 0.6) is 0 Å². The minimum absolute atomic E-state index is 0.0475. The van der Waals surface area contributed by atoms with Crippen LogP contribution in [0.15, 0.2) is 39.8 Å². The van der Waals surface area contributed by atoms with Crippen LogP contribution in [-0.2, 0) is 16.7 Å². The molecule has 0 aliphatic carbocycles. The zero-order valence-electron chi connectivity index (χ0n) is 13.1. The van der Waals surface area contributed by atoms with E-state index in [1.54, 1.807) is 0 Å². The van der Waals surface area contributed by atoms with E-state index in [0.29, 0.717) is 12.1 Å². The molecule has 0 saturated heterocycles. The summed E-state index contributed by atoms with van der Waals surface area (Å²) < 4.78 is 69.7. The highest BCUT2D eigenvalue weighted by molar-refractivity contribution is 7.89. The first-order chi connectivity index (χ1) is 12.6. The lowest BCUT2D eigenvalue weighted by molar-refractivity contribution is 0.332. The summed E-state index contributed by atoms with van der Waals surface area (Å²) in [4.78, 5) is -1.03. The van der Waals surface area contributed by atoms with Crippen LogP contribution in [0, 0.1) is 11.6 Å². The molecular weight excluding hydrogens is 428 g/mol. The maximum absolute atomic E-state index is 14.6.